The number of fused-ring (bicyclic) bond motifs is 1. The summed E-state index contributed by atoms with van der Waals surface area (Å²) in [5.41, 5.74) is 3.86. The van der Waals surface area contributed by atoms with Gasteiger partial charge in [-0.15, -0.1) is 0 Å². The molecular formula is C19H27N5OS. The number of nitrogens with zero attached hydrogens (tertiary/aromatic N) is 4. The lowest BCUT2D eigenvalue weighted by molar-refractivity contribution is 0.135. The van der Waals surface area contributed by atoms with Crippen LogP contribution in [-0.2, 0) is 19.4 Å². The maximum absolute atomic E-state index is 9.54. The van der Waals surface area contributed by atoms with Crippen LogP contribution < -0.4 is 10.2 Å². The highest BCUT2D eigenvalue weighted by Crippen LogP contribution is 2.29. The van der Waals surface area contributed by atoms with Gasteiger partial charge in [-0.2, -0.15) is 16.3 Å². The second kappa shape index (κ2) is 7.90. The molecule has 1 aliphatic carbocycles. The van der Waals surface area contributed by atoms with Crippen molar-refractivity contribution in [3.8, 4) is 0 Å². The third kappa shape index (κ3) is 3.56. The van der Waals surface area contributed by atoms with Crippen molar-refractivity contribution in [3.63, 3.8) is 0 Å². The van der Waals surface area contributed by atoms with E-state index in [0.29, 0.717) is 6.04 Å². The van der Waals surface area contributed by atoms with Gasteiger partial charge in [0.05, 0.1) is 5.69 Å². The van der Waals surface area contributed by atoms with Crippen molar-refractivity contribution in [2.24, 2.45) is 0 Å². The van der Waals surface area contributed by atoms with Gasteiger partial charge in [-0.25, -0.2) is 4.98 Å². The van der Waals surface area contributed by atoms with Crippen LogP contribution in [-0.4, -0.2) is 59.3 Å². The molecule has 0 aromatic carbocycles. The molecule has 2 aromatic heterocycles. The molecule has 1 saturated heterocycles. The van der Waals surface area contributed by atoms with E-state index in [-0.39, 0.29) is 6.61 Å². The zero-order valence-corrected chi connectivity index (χ0v) is 16.1. The Morgan fingerprint density at radius 3 is 3.00 bits per heavy atom. The third-order valence-corrected chi connectivity index (χ3v) is 6.21. The molecular weight excluding hydrogens is 346 g/mol. The van der Waals surface area contributed by atoms with E-state index in [4.69, 9.17) is 9.97 Å². The second-order valence-electron chi connectivity index (χ2n) is 7.12. The molecule has 0 spiro atoms. The number of piperazine rings is 1. The minimum absolute atomic E-state index is 0.214. The predicted octanol–water partition coefficient (Wildman–Crippen LogP) is 2.14. The number of hydrogen-bond acceptors (Lipinski definition) is 7. The van der Waals surface area contributed by atoms with Crippen molar-refractivity contribution < 1.29 is 5.11 Å². The molecule has 1 atom stereocenters. The lowest BCUT2D eigenvalue weighted by Gasteiger charge is -2.41. The molecule has 26 heavy (non-hydrogen) atoms. The van der Waals surface area contributed by atoms with Gasteiger partial charge in [0, 0.05) is 51.4 Å². The summed E-state index contributed by atoms with van der Waals surface area (Å²) in [4.78, 5) is 14.5. The van der Waals surface area contributed by atoms with Gasteiger partial charge in [0.2, 0.25) is 5.95 Å². The maximum Gasteiger partial charge on any atom is 0.227 e. The Hall–Kier alpha value is -1.70. The molecule has 1 fully saturated rings. The number of anilines is 2. The Morgan fingerprint density at radius 2 is 2.23 bits per heavy atom. The Kier molecular flexibility index (Phi) is 5.38. The number of aromatic nitrogens is 2. The average Bonchev–Trinajstić information content (AvgIpc) is 3.34. The normalized spacial score (nSPS) is 20.4. The number of aliphatic hydroxyl groups excluding tert-OH is 1. The molecule has 0 bridgehead atoms. The Bertz CT molecular complexity index is 736. The van der Waals surface area contributed by atoms with Gasteiger partial charge in [0.1, 0.15) is 5.82 Å². The summed E-state index contributed by atoms with van der Waals surface area (Å²) >= 11 is 1.74. The lowest BCUT2D eigenvalue weighted by atomic mass is 10.1. The number of hydrogen-bond donors (Lipinski definition) is 2. The first-order chi connectivity index (χ1) is 12.8. The van der Waals surface area contributed by atoms with Crippen LogP contribution in [0.15, 0.2) is 16.8 Å². The Balaban J connectivity index is 1.52. The largest absolute Gasteiger partial charge is 0.396 e. The maximum atomic E-state index is 9.54. The van der Waals surface area contributed by atoms with E-state index in [1.54, 1.807) is 11.3 Å². The standard InChI is InChI=1S/C19H27N5OS/c1-20-18-16-3-2-4-17(16)21-19(22-18)24-8-7-23(15(12-24)5-9-25)11-14-6-10-26-13-14/h6,10,13,15,25H,2-5,7-9,11-12H2,1H3,(H,20,21,22)/t15-/m0/s1. The summed E-state index contributed by atoms with van der Waals surface area (Å²) in [5, 5.41) is 17.1. The van der Waals surface area contributed by atoms with Crippen LogP contribution >= 0.6 is 11.3 Å². The summed E-state index contributed by atoms with van der Waals surface area (Å²) in [7, 11) is 1.94. The molecule has 1 aliphatic heterocycles. The highest BCUT2D eigenvalue weighted by Gasteiger charge is 2.29. The summed E-state index contributed by atoms with van der Waals surface area (Å²) in [6, 6.07) is 2.51. The van der Waals surface area contributed by atoms with Crippen molar-refractivity contribution in [3.05, 3.63) is 33.6 Å². The molecule has 7 heteroatoms. The third-order valence-electron chi connectivity index (χ3n) is 5.47. The quantitative estimate of drug-likeness (QED) is 0.809. The highest BCUT2D eigenvalue weighted by atomic mass is 32.1. The minimum Gasteiger partial charge on any atom is -0.396 e. The first kappa shape index (κ1) is 17.7. The van der Waals surface area contributed by atoms with Gasteiger partial charge in [0.15, 0.2) is 0 Å². The van der Waals surface area contributed by atoms with E-state index in [1.807, 2.05) is 7.05 Å². The van der Waals surface area contributed by atoms with Crippen LogP contribution in [0.4, 0.5) is 11.8 Å². The number of nitrogens with one attached hydrogen (secondary N) is 1. The fourth-order valence-electron chi connectivity index (χ4n) is 4.09. The van der Waals surface area contributed by atoms with Gasteiger partial charge in [-0.05, 0) is 48.1 Å². The number of thiophene rings is 1. The first-order valence-electron chi connectivity index (χ1n) is 9.47. The van der Waals surface area contributed by atoms with Crippen LogP contribution in [0, 0.1) is 0 Å². The smallest absolute Gasteiger partial charge is 0.227 e. The number of aryl methyl sites for hydroxylation is 1. The number of rotatable bonds is 6. The highest BCUT2D eigenvalue weighted by molar-refractivity contribution is 7.07. The van der Waals surface area contributed by atoms with Gasteiger partial charge in [-0.3, -0.25) is 4.90 Å². The fraction of sp³-hybridized carbons (Fsp3) is 0.579. The van der Waals surface area contributed by atoms with E-state index in [9.17, 15) is 5.11 Å². The molecule has 2 aromatic rings. The summed E-state index contributed by atoms with van der Waals surface area (Å²) in [6.45, 7) is 3.93. The van der Waals surface area contributed by atoms with Crippen molar-refractivity contribution in [2.75, 3.05) is 43.5 Å². The summed E-state index contributed by atoms with van der Waals surface area (Å²) < 4.78 is 0. The second-order valence-corrected chi connectivity index (χ2v) is 7.90. The van der Waals surface area contributed by atoms with Crippen LogP contribution in [0.5, 0.6) is 0 Å². The lowest BCUT2D eigenvalue weighted by Crippen LogP contribution is -2.53. The molecule has 140 valence electrons. The molecule has 0 unspecified atom stereocenters. The Labute approximate surface area is 158 Å². The molecule has 0 amide bonds. The van der Waals surface area contributed by atoms with E-state index < -0.39 is 0 Å². The van der Waals surface area contributed by atoms with E-state index >= 15 is 0 Å². The minimum atomic E-state index is 0.214. The molecule has 2 N–H and O–H groups in total. The van der Waals surface area contributed by atoms with Crippen LogP contribution in [0.3, 0.4) is 0 Å². The topological polar surface area (TPSA) is 64.5 Å². The molecule has 3 heterocycles. The Morgan fingerprint density at radius 1 is 1.31 bits per heavy atom. The molecule has 4 rings (SSSR count). The van der Waals surface area contributed by atoms with Crippen LogP contribution in [0.1, 0.15) is 29.7 Å². The molecule has 2 aliphatic rings. The predicted molar refractivity (Wildman–Crippen MR) is 106 cm³/mol. The summed E-state index contributed by atoms with van der Waals surface area (Å²) in [6.07, 6.45) is 4.08. The number of aliphatic hydroxyl groups is 1. The molecule has 6 nitrogen and oxygen atoms in total. The first-order valence-corrected chi connectivity index (χ1v) is 10.4. The van der Waals surface area contributed by atoms with Crippen molar-refractivity contribution in [1.82, 2.24) is 14.9 Å². The summed E-state index contributed by atoms with van der Waals surface area (Å²) in [5.74, 6) is 1.83. The molecule has 0 saturated carbocycles. The van der Waals surface area contributed by atoms with Crippen LogP contribution in [0.2, 0.25) is 0 Å². The van der Waals surface area contributed by atoms with E-state index in [2.05, 4.69) is 31.9 Å². The SMILES string of the molecule is CNc1nc(N2CCN(Cc3ccsc3)[C@@H](CCO)C2)nc2c1CCC2. The average molecular weight is 374 g/mol. The van der Waals surface area contributed by atoms with Crippen molar-refractivity contribution in [2.45, 2.75) is 38.3 Å². The van der Waals surface area contributed by atoms with Crippen LogP contribution in [0.25, 0.3) is 0 Å². The van der Waals surface area contributed by atoms with E-state index in [0.717, 1.165) is 57.2 Å². The van der Waals surface area contributed by atoms with Gasteiger partial charge in [-0.1, -0.05) is 0 Å². The van der Waals surface area contributed by atoms with Crippen molar-refractivity contribution in [1.29, 1.82) is 0 Å². The zero-order chi connectivity index (χ0) is 17.9. The van der Waals surface area contributed by atoms with Gasteiger partial charge < -0.3 is 15.3 Å². The monoisotopic (exact) mass is 373 g/mol. The zero-order valence-electron chi connectivity index (χ0n) is 15.3. The van der Waals surface area contributed by atoms with E-state index in [1.165, 1.54) is 23.2 Å². The van der Waals surface area contributed by atoms with Gasteiger partial charge in [0.25, 0.3) is 0 Å². The fourth-order valence-corrected chi connectivity index (χ4v) is 4.75. The molecule has 0 radical (unpaired) electrons. The van der Waals surface area contributed by atoms with Gasteiger partial charge >= 0.3 is 0 Å². The van der Waals surface area contributed by atoms with Crippen molar-refractivity contribution >= 4 is 23.1 Å².